The number of amides is 1. The summed E-state index contributed by atoms with van der Waals surface area (Å²) in [6.45, 7) is 3.68. The van der Waals surface area contributed by atoms with Crippen LogP contribution in [0.5, 0.6) is 0 Å². The first-order valence-electron chi connectivity index (χ1n) is 7.75. The molecule has 1 aliphatic rings. The molecule has 0 radical (unpaired) electrons. The number of thioether (sulfide) groups is 1. The standard InChI is InChI=1S/C17H20ClN3OS/c1-12-5-3-4-6-15(12)23-13-7-9-21(10-8-13)17(22)16-14(18)11-19-20(16)2/h3-6,11,13H,7-10H2,1-2H3. The van der Waals surface area contributed by atoms with Crippen LogP contribution >= 0.6 is 23.4 Å². The highest BCUT2D eigenvalue weighted by Gasteiger charge is 2.27. The van der Waals surface area contributed by atoms with Crippen molar-refractivity contribution in [2.24, 2.45) is 7.05 Å². The first-order chi connectivity index (χ1) is 11.1. The van der Waals surface area contributed by atoms with E-state index in [-0.39, 0.29) is 5.91 Å². The van der Waals surface area contributed by atoms with Crippen molar-refractivity contribution in [1.82, 2.24) is 14.7 Å². The molecule has 3 rings (SSSR count). The Bertz CT molecular complexity index is 688. The second kappa shape index (κ2) is 6.97. The Labute approximate surface area is 145 Å². The number of aromatic nitrogens is 2. The van der Waals surface area contributed by atoms with Crippen LogP contribution in [-0.4, -0.2) is 38.9 Å². The molecule has 0 N–H and O–H groups in total. The van der Waals surface area contributed by atoms with Gasteiger partial charge in [-0.15, -0.1) is 11.8 Å². The van der Waals surface area contributed by atoms with Gasteiger partial charge in [0.1, 0.15) is 5.69 Å². The zero-order valence-corrected chi connectivity index (χ0v) is 14.9. The zero-order valence-electron chi connectivity index (χ0n) is 13.3. The van der Waals surface area contributed by atoms with Crippen molar-refractivity contribution < 1.29 is 4.79 Å². The molecule has 2 heterocycles. The maximum absolute atomic E-state index is 12.6. The van der Waals surface area contributed by atoms with Gasteiger partial charge in [-0.3, -0.25) is 9.48 Å². The van der Waals surface area contributed by atoms with Crippen molar-refractivity contribution in [2.75, 3.05) is 13.1 Å². The fourth-order valence-electron chi connectivity index (χ4n) is 2.85. The predicted molar refractivity (Wildman–Crippen MR) is 94.2 cm³/mol. The largest absolute Gasteiger partial charge is 0.337 e. The minimum atomic E-state index is -0.0191. The molecule has 4 nitrogen and oxygen atoms in total. The fraction of sp³-hybridized carbons (Fsp3) is 0.412. The van der Waals surface area contributed by atoms with E-state index in [2.05, 4.69) is 36.3 Å². The lowest BCUT2D eigenvalue weighted by molar-refractivity contribution is 0.0716. The maximum atomic E-state index is 12.6. The molecule has 0 saturated carbocycles. The van der Waals surface area contributed by atoms with Gasteiger partial charge >= 0.3 is 0 Å². The monoisotopic (exact) mass is 349 g/mol. The number of aryl methyl sites for hydroxylation is 2. The molecule has 1 amide bonds. The second-order valence-corrected chi connectivity index (χ2v) is 7.59. The lowest BCUT2D eigenvalue weighted by Crippen LogP contribution is -2.40. The number of carbonyl (C=O) groups is 1. The van der Waals surface area contributed by atoms with E-state index in [1.807, 2.05) is 16.7 Å². The van der Waals surface area contributed by atoms with Crippen LogP contribution in [0, 0.1) is 6.92 Å². The highest BCUT2D eigenvalue weighted by molar-refractivity contribution is 8.00. The van der Waals surface area contributed by atoms with Crippen LogP contribution in [0.3, 0.4) is 0 Å². The van der Waals surface area contributed by atoms with Gasteiger partial charge in [0.2, 0.25) is 0 Å². The SMILES string of the molecule is Cc1ccccc1SC1CCN(C(=O)c2c(Cl)cnn2C)CC1. The average Bonchev–Trinajstić information content (AvgIpc) is 2.88. The number of hydrogen-bond acceptors (Lipinski definition) is 3. The van der Waals surface area contributed by atoms with Gasteiger partial charge in [0, 0.05) is 30.3 Å². The topological polar surface area (TPSA) is 38.1 Å². The van der Waals surface area contributed by atoms with Crippen LogP contribution in [0.25, 0.3) is 0 Å². The van der Waals surface area contributed by atoms with Crippen LogP contribution in [0.4, 0.5) is 0 Å². The molecule has 0 unspecified atom stereocenters. The summed E-state index contributed by atoms with van der Waals surface area (Å²) in [5.41, 5.74) is 1.80. The first kappa shape index (κ1) is 16.4. The summed E-state index contributed by atoms with van der Waals surface area (Å²) < 4.78 is 1.55. The van der Waals surface area contributed by atoms with Gasteiger partial charge in [0.15, 0.2) is 0 Å². The van der Waals surface area contributed by atoms with Crippen LogP contribution in [-0.2, 0) is 7.05 Å². The summed E-state index contributed by atoms with van der Waals surface area (Å²) in [6, 6.07) is 8.47. The van der Waals surface area contributed by atoms with Crippen molar-refractivity contribution in [1.29, 1.82) is 0 Å². The molecule has 23 heavy (non-hydrogen) atoms. The van der Waals surface area contributed by atoms with Gasteiger partial charge in [-0.05, 0) is 31.4 Å². The van der Waals surface area contributed by atoms with Crippen LogP contribution in [0.2, 0.25) is 5.02 Å². The molecule has 1 aromatic heterocycles. The molecular weight excluding hydrogens is 330 g/mol. The Kier molecular flexibility index (Phi) is 4.97. The van der Waals surface area contributed by atoms with E-state index < -0.39 is 0 Å². The van der Waals surface area contributed by atoms with E-state index >= 15 is 0 Å². The first-order valence-corrected chi connectivity index (χ1v) is 9.01. The molecule has 0 spiro atoms. The van der Waals surface area contributed by atoms with E-state index in [9.17, 15) is 4.79 Å². The summed E-state index contributed by atoms with van der Waals surface area (Å²) in [6.07, 6.45) is 3.52. The highest BCUT2D eigenvalue weighted by Crippen LogP contribution is 2.32. The molecule has 0 aliphatic carbocycles. The normalized spacial score (nSPS) is 15.9. The molecule has 1 saturated heterocycles. The lowest BCUT2D eigenvalue weighted by atomic mass is 10.1. The lowest BCUT2D eigenvalue weighted by Gasteiger charge is -2.32. The smallest absolute Gasteiger partial charge is 0.273 e. The predicted octanol–water partition coefficient (Wildman–Crippen LogP) is 3.78. The number of hydrogen-bond donors (Lipinski definition) is 0. The number of likely N-dealkylation sites (tertiary alicyclic amines) is 1. The van der Waals surface area contributed by atoms with Gasteiger partial charge in [-0.25, -0.2) is 0 Å². The molecule has 2 aromatic rings. The van der Waals surface area contributed by atoms with Crippen molar-refractivity contribution >= 4 is 29.3 Å². The van der Waals surface area contributed by atoms with Gasteiger partial charge in [-0.2, -0.15) is 5.10 Å². The summed E-state index contributed by atoms with van der Waals surface area (Å²) in [5.74, 6) is -0.0191. The molecule has 1 fully saturated rings. The molecule has 1 aromatic carbocycles. The summed E-state index contributed by atoms with van der Waals surface area (Å²) in [5, 5.41) is 5.03. The summed E-state index contributed by atoms with van der Waals surface area (Å²) in [7, 11) is 1.75. The minimum absolute atomic E-state index is 0.0191. The van der Waals surface area contributed by atoms with E-state index in [4.69, 9.17) is 11.6 Å². The van der Waals surface area contributed by atoms with Gasteiger partial charge in [0.25, 0.3) is 5.91 Å². The molecule has 122 valence electrons. The van der Waals surface area contributed by atoms with Crippen LogP contribution in [0.1, 0.15) is 28.9 Å². The van der Waals surface area contributed by atoms with E-state index in [1.54, 1.807) is 11.7 Å². The van der Waals surface area contributed by atoms with Crippen molar-refractivity contribution in [3.05, 3.63) is 46.7 Å². The summed E-state index contributed by atoms with van der Waals surface area (Å²) >= 11 is 8.00. The molecule has 6 heteroatoms. The Morgan fingerprint density at radius 2 is 2.00 bits per heavy atom. The Morgan fingerprint density at radius 1 is 1.30 bits per heavy atom. The summed E-state index contributed by atoms with van der Waals surface area (Å²) in [4.78, 5) is 15.8. The van der Waals surface area contributed by atoms with E-state index in [0.29, 0.717) is 16.0 Å². The average molecular weight is 350 g/mol. The van der Waals surface area contributed by atoms with E-state index in [0.717, 1.165) is 25.9 Å². The van der Waals surface area contributed by atoms with Gasteiger partial charge in [-0.1, -0.05) is 29.8 Å². The number of rotatable bonds is 3. The number of halogens is 1. The molecular formula is C17H20ClN3OS. The van der Waals surface area contributed by atoms with E-state index in [1.165, 1.54) is 16.7 Å². The van der Waals surface area contributed by atoms with Crippen molar-refractivity contribution in [3.63, 3.8) is 0 Å². The second-order valence-electron chi connectivity index (χ2n) is 5.84. The number of benzene rings is 1. The Morgan fingerprint density at radius 3 is 2.61 bits per heavy atom. The van der Waals surface area contributed by atoms with Crippen LogP contribution in [0.15, 0.2) is 35.4 Å². The molecule has 1 aliphatic heterocycles. The Hall–Kier alpha value is -1.46. The number of piperidine rings is 1. The van der Waals surface area contributed by atoms with Crippen molar-refractivity contribution in [3.8, 4) is 0 Å². The third-order valence-electron chi connectivity index (χ3n) is 4.21. The molecule has 0 bridgehead atoms. The Balaban J connectivity index is 1.60. The third kappa shape index (κ3) is 3.56. The minimum Gasteiger partial charge on any atom is -0.337 e. The van der Waals surface area contributed by atoms with Gasteiger partial charge in [0.05, 0.1) is 11.2 Å². The fourth-order valence-corrected chi connectivity index (χ4v) is 4.31. The number of nitrogens with zero attached hydrogens (tertiary/aromatic N) is 3. The van der Waals surface area contributed by atoms with Crippen molar-refractivity contribution in [2.45, 2.75) is 29.9 Å². The quantitative estimate of drug-likeness (QED) is 0.846. The third-order valence-corrected chi connectivity index (χ3v) is 6.01. The maximum Gasteiger partial charge on any atom is 0.273 e. The molecule has 0 atom stereocenters. The van der Waals surface area contributed by atoms with Gasteiger partial charge < -0.3 is 4.90 Å². The number of carbonyl (C=O) groups excluding carboxylic acids is 1. The highest BCUT2D eigenvalue weighted by atomic mass is 35.5. The van der Waals surface area contributed by atoms with Crippen LogP contribution < -0.4 is 0 Å². The zero-order chi connectivity index (χ0) is 16.4.